The van der Waals surface area contributed by atoms with E-state index in [9.17, 15) is 14.7 Å². The lowest BCUT2D eigenvalue weighted by Crippen LogP contribution is -2.31. The van der Waals surface area contributed by atoms with Gasteiger partial charge < -0.3 is 15.0 Å². The van der Waals surface area contributed by atoms with Crippen molar-refractivity contribution in [3.05, 3.63) is 88.5 Å². The summed E-state index contributed by atoms with van der Waals surface area (Å²) in [4.78, 5) is 34.9. The molecule has 7 heteroatoms. The first-order valence-electron chi connectivity index (χ1n) is 10.9. The van der Waals surface area contributed by atoms with Crippen molar-refractivity contribution in [2.24, 2.45) is 0 Å². The van der Waals surface area contributed by atoms with E-state index in [1.54, 1.807) is 49.0 Å². The first-order valence-corrected chi connectivity index (χ1v) is 10.9. The minimum Gasteiger partial charge on any atom is -0.384 e. The molecule has 5 rings (SSSR count). The molecule has 1 fully saturated rings. The van der Waals surface area contributed by atoms with E-state index in [4.69, 9.17) is 0 Å². The second-order valence-electron chi connectivity index (χ2n) is 8.88. The van der Waals surface area contributed by atoms with Crippen molar-refractivity contribution in [2.75, 3.05) is 0 Å². The van der Waals surface area contributed by atoms with E-state index in [0.717, 1.165) is 24.1 Å². The van der Waals surface area contributed by atoms with Gasteiger partial charge in [-0.2, -0.15) is 0 Å². The number of aliphatic hydroxyl groups is 1. The van der Waals surface area contributed by atoms with Crippen molar-refractivity contribution < 1.29 is 9.90 Å². The Hall–Kier alpha value is -3.84. The van der Waals surface area contributed by atoms with Crippen molar-refractivity contribution >= 4 is 16.9 Å². The molecule has 1 saturated carbocycles. The average molecular weight is 441 g/mol. The lowest BCUT2D eigenvalue weighted by Gasteiger charge is -2.17. The third kappa shape index (κ3) is 4.15. The number of rotatable bonds is 5. The Morgan fingerprint density at radius 3 is 2.67 bits per heavy atom. The van der Waals surface area contributed by atoms with Gasteiger partial charge in [-0.3, -0.25) is 9.59 Å². The molecule has 1 aromatic carbocycles. The van der Waals surface area contributed by atoms with Crippen molar-refractivity contribution in [3.63, 3.8) is 0 Å². The quantitative estimate of drug-likeness (QED) is 0.495. The first-order chi connectivity index (χ1) is 15.8. The van der Waals surface area contributed by atoms with Crippen molar-refractivity contribution in [1.82, 2.24) is 19.9 Å². The van der Waals surface area contributed by atoms with Gasteiger partial charge in [-0.25, -0.2) is 9.97 Å². The summed E-state index contributed by atoms with van der Waals surface area (Å²) in [5, 5.41) is 13.6. The number of amides is 1. The second-order valence-corrected chi connectivity index (χ2v) is 8.88. The molecule has 0 bridgehead atoms. The van der Waals surface area contributed by atoms with Crippen molar-refractivity contribution in [3.8, 4) is 16.9 Å². The van der Waals surface area contributed by atoms with Crippen LogP contribution in [0.25, 0.3) is 28.0 Å². The molecule has 1 aliphatic rings. The molecule has 0 saturated heterocycles. The van der Waals surface area contributed by atoms with Gasteiger partial charge in [0, 0.05) is 29.7 Å². The maximum Gasteiger partial charge on any atom is 0.257 e. The zero-order valence-corrected chi connectivity index (χ0v) is 18.4. The Labute approximate surface area is 190 Å². The van der Waals surface area contributed by atoms with Gasteiger partial charge in [0.25, 0.3) is 5.91 Å². The highest BCUT2D eigenvalue weighted by molar-refractivity contribution is 5.97. The standard InChI is InChI=1S/C26H24N4O3/c1-26(2,33)22-10-4-9-21(29-22)16-6-3-7-18(14-16)30-15-20(25(32)28-17-11-12-17)23(31)19-8-5-13-27-24(19)30/h3-10,13-15,17,33H,11-12H2,1-2H3,(H,28,32). The van der Waals surface area contributed by atoms with Crippen LogP contribution in [-0.4, -0.2) is 31.6 Å². The van der Waals surface area contributed by atoms with E-state index < -0.39 is 5.60 Å². The summed E-state index contributed by atoms with van der Waals surface area (Å²) in [6.45, 7) is 3.39. The molecule has 3 aromatic heterocycles. The van der Waals surface area contributed by atoms with Gasteiger partial charge in [0.05, 0.1) is 16.8 Å². The Kier molecular flexibility index (Phi) is 5.06. The summed E-state index contributed by atoms with van der Waals surface area (Å²) in [6, 6.07) is 16.7. The molecule has 0 unspecified atom stereocenters. The largest absolute Gasteiger partial charge is 0.384 e. The summed E-state index contributed by atoms with van der Waals surface area (Å²) >= 11 is 0. The Morgan fingerprint density at radius 2 is 1.91 bits per heavy atom. The fourth-order valence-electron chi connectivity index (χ4n) is 3.76. The monoisotopic (exact) mass is 440 g/mol. The fourth-order valence-corrected chi connectivity index (χ4v) is 3.76. The summed E-state index contributed by atoms with van der Waals surface area (Å²) in [7, 11) is 0. The third-order valence-electron chi connectivity index (χ3n) is 5.72. The molecule has 3 heterocycles. The fraction of sp³-hybridized carbons (Fsp3) is 0.231. The Morgan fingerprint density at radius 1 is 1.12 bits per heavy atom. The topological polar surface area (TPSA) is 97.1 Å². The van der Waals surface area contributed by atoms with Gasteiger partial charge in [-0.05, 0) is 63.1 Å². The van der Waals surface area contributed by atoms with Crippen LogP contribution in [0.2, 0.25) is 0 Å². The first kappa shape index (κ1) is 21.0. The maximum absolute atomic E-state index is 13.0. The lowest BCUT2D eigenvalue weighted by molar-refractivity contribution is 0.0739. The number of carbonyl (C=O) groups is 1. The van der Waals surface area contributed by atoms with Gasteiger partial charge >= 0.3 is 0 Å². The molecule has 0 radical (unpaired) electrons. The number of carbonyl (C=O) groups excluding carboxylic acids is 1. The highest BCUT2D eigenvalue weighted by atomic mass is 16.3. The number of fused-ring (bicyclic) bond motifs is 1. The van der Waals surface area contributed by atoms with E-state index >= 15 is 0 Å². The highest BCUT2D eigenvalue weighted by Crippen LogP contribution is 2.26. The summed E-state index contributed by atoms with van der Waals surface area (Å²) in [5.41, 5.74) is 2.04. The molecule has 166 valence electrons. The van der Waals surface area contributed by atoms with E-state index in [-0.39, 0.29) is 22.9 Å². The van der Waals surface area contributed by atoms with Gasteiger partial charge in [-0.1, -0.05) is 18.2 Å². The average Bonchev–Trinajstić information content (AvgIpc) is 3.63. The molecule has 33 heavy (non-hydrogen) atoms. The molecule has 4 aromatic rings. The number of hydrogen-bond acceptors (Lipinski definition) is 5. The van der Waals surface area contributed by atoms with Crippen LogP contribution in [0, 0.1) is 0 Å². The zero-order valence-electron chi connectivity index (χ0n) is 18.4. The normalized spacial score (nSPS) is 13.8. The van der Waals surface area contributed by atoms with Gasteiger partial charge in [0.2, 0.25) is 5.43 Å². The van der Waals surface area contributed by atoms with Crippen LogP contribution < -0.4 is 10.7 Å². The number of aromatic nitrogens is 3. The number of nitrogens with one attached hydrogen (secondary N) is 1. The number of nitrogens with zero attached hydrogens (tertiary/aromatic N) is 3. The van der Waals surface area contributed by atoms with E-state index in [0.29, 0.717) is 22.4 Å². The smallest absolute Gasteiger partial charge is 0.257 e. The van der Waals surface area contributed by atoms with Crippen LogP contribution in [0.15, 0.2) is 71.8 Å². The summed E-state index contributed by atoms with van der Waals surface area (Å²) in [6.07, 6.45) is 5.07. The minimum absolute atomic E-state index is 0.0926. The van der Waals surface area contributed by atoms with Crippen LogP contribution in [0.4, 0.5) is 0 Å². The molecule has 1 amide bonds. The number of benzene rings is 1. The Bertz CT molecular complexity index is 1430. The molecular weight excluding hydrogens is 416 g/mol. The number of pyridine rings is 3. The molecule has 7 nitrogen and oxygen atoms in total. The van der Waals surface area contributed by atoms with E-state index in [1.807, 2.05) is 36.4 Å². The summed E-state index contributed by atoms with van der Waals surface area (Å²) in [5.74, 6) is -0.363. The van der Waals surface area contributed by atoms with Crippen molar-refractivity contribution in [1.29, 1.82) is 0 Å². The van der Waals surface area contributed by atoms with E-state index in [2.05, 4.69) is 15.3 Å². The zero-order chi connectivity index (χ0) is 23.2. The Balaban J connectivity index is 1.65. The molecule has 2 N–H and O–H groups in total. The van der Waals surface area contributed by atoms with Crippen LogP contribution in [-0.2, 0) is 5.60 Å². The van der Waals surface area contributed by atoms with Gasteiger partial charge in [0.1, 0.15) is 16.8 Å². The molecule has 0 spiro atoms. The lowest BCUT2D eigenvalue weighted by atomic mass is 10.0. The van der Waals surface area contributed by atoms with Crippen LogP contribution in [0.1, 0.15) is 42.7 Å². The number of hydrogen-bond donors (Lipinski definition) is 2. The van der Waals surface area contributed by atoms with Crippen LogP contribution >= 0.6 is 0 Å². The molecular formula is C26H24N4O3. The third-order valence-corrected chi connectivity index (χ3v) is 5.72. The molecule has 0 atom stereocenters. The minimum atomic E-state index is -1.06. The predicted octanol–water partition coefficient (Wildman–Crippen LogP) is 3.57. The maximum atomic E-state index is 13.0. The van der Waals surface area contributed by atoms with Crippen LogP contribution in [0.5, 0.6) is 0 Å². The second kappa shape index (κ2) is 7.94. The summed E-state index contributed by atoms with van der Waals surface area (Å²) < 4.78 is 1.77. The molecule has 1 aliphatic carbocycles. The predicted molar refractivity (Wildman–Crippen MR) is 126 cm³/mol. The molecule has 0 aliphatic heterocycles. The highest BCUT2D eigenvalue weighted by Gasteiger charge is 2.26. The van der Waals surface area contributed by atoms with Crippen LogP contribution in [0.3, 0.4) is 0 Å². The van der Waals surface area contributed by atoms with Crippen molar-refractivity contribution in [2.45, 2.75) is 38.3 Å². The van der Waals surface area contributed by atoms with Gasteiger partial charge in [-0.15, -0.1) is 0 Å². The van der Waals surface area contributed by atoms with Gasteiger partial charge in [0.15, 0.2) is 0 Å². The van der Waals surface area contributed by atoms with E-state index in [1.165, 1.54) is 0 Å². The SMILES string of the molecule is CC(C)(O)c1cccc(-c2cccc(-n3cc(C(=O)NC4CC4)c(=O)c4cccnc43)c2)n1.